The Morgan fingerprint density at radius 2 is 1.56 bits per heavy atom. The first kappa shape index (κ1) is 18.2. The van der Waals surface area contributed by atoms with E-state index in [1.54, 1.807) is 11.8 Å². The molecule has 0 bridgehead atoms. The Bertz CT molecular complexity index is 152. The maximum Gasteiger partial charge on any atom is 0.293 e. The van der Waals surface area contributed by atoms with Crippen LogP contribution < -0.4 is 0 Å². The van der Waals surface area contributed by atoms with Crippen molar-refractivity contribution in [2.45, 2.75) is 39.2 Å². The Balaban J connectivity index is 0. The molecule has 0 N–H and O–H groups in total. The molecule has 0 spiro atoms. The quantitative estimate of drug-likeness (QED) is 0.668. The molecule has 1 rings (SSSR count). The zero-order valence-electron chi connectivity index (χ0n) is 11.6. The molecule has 1 saturated heterocycles. The molecule has 0 aromatic rings. The van der Waals surface area contributed by atoms with E-state index in [1.807, 2.05) is 33.3 Å². The average Bonchev–Trinajstić information content (AvgIpc) is 2.56. The van der Waals surface area contributed by atoms with Gasteiger partial charge in [0.05, 0.1) is 0 Å². The Kier molecular flexibility index (Phi) is 12.8. The van der Waals surface area contributed by atoms with E-state index < -0.39 is 0 Å². The molecular weight excluding hydrogens is 222 g/mol. The summed E-state index contributed by atoms with van der Waals surface area (Å²) in [6.07, 6.45) is 6.91. The first-order valence-electron chi connectivity index (χ1n) is 5.57. The van der Waals surface area contributed by atoms with Crippen molar-refractivity contribution in [3.05, 3.63) is 0 Å². The summed E-state index contributed by atoms with van der Waals surface area (Å²) in [5, 5.41) is 0. The molecule has 0 radical (unpaired) electrons. The second-order valence-electron chi connectivity index (χ2n) is 4.75. The van der Waals surface area contributed by atoms with E-state index in [9.17, 15) is 4.79 Å². The molecule has 1 aliphatic rings. The Morgan fingerprint density at radius 3 is 1.62 bits per heavy atom. The maximum absolute atomic E-state index is 9.60. The third-order valence-electron chi connectivity index (χ3n) is 1.73. The fraction of sp³-hybridized carbons (Fsp3) is 0.917. The molecule has 0 aliphatic carbocycles. The summed E-state index contributed by atoms with van der Waals surface area (Å²) in [6.45, 7) is 8.56. The molecule has 0 amide bonds. The molecule has 0 saturated carbocycles. The first-order chi connectivity index (χ1) is 7.37. The van der Waals surface area contributed by atoms with Gasteiger partial charge in [0.1, 0.15) is 5.60 Å². The normalized spacial score (nSPS) is 15.4. The molecule has 0 atom stereocenters. The topological polar surface area (TPSA) is 29.5 Å². The molecule has 1 fully saturated rings. The third-order valence-corrected chi connectivity index (χ3v) is 1.73. The number of hydrogen-bond donors (Lipinski definition) is 0. The summed E-state index contributed by atoms with van der Waals surface area (Å²) >= 11 is 1.75. The molecule has 3 nitrogen and oxygen atoms in total. The molecule has 1 aliphatic heterocycles. The predicted octanol–water partition coefficient (Wildman–Crippen LogP) is 2.65. The Morgan fingerprint density at radius 1 is 1.19 bits per heavy atom. The van der Waals surface area contributed by atoms with E-state index in [2.05, 4.69) is 16.7 Å². The number of ether oxygens (including phenoxy) is 1. The fourth-order valence-electron chi connectivity index (χ4n) is 1.02. The maximum atomic E-state index is 9.60. The van der Waals surface area contributed by atoms with Crippen LogP contribution in [0.3, 0.4) is 0 Å². The minimum absolute atomic E-state index is 0.318. The van der Waals surface area contributed by atoms with Crippen molar-refractivity contribution in [3.8, 4) is 0 Å². The summed E-state index contributed by atoms with van der Waals surface area (Å²) in [7, 11) is 2.17. The highest BCUT2D eigenvalue weighted by molar-refractivity contribution is 7.97. The number of carbonyl (C=O) groups excluding carboxylic acids is 1. The smallest absolute Gasteiger partial charge is 0.293 e. The fourth-order valence-corrected chi connectivity index (χ4v) is 1.02. The monoisotopic (exact) mass is 249 g/mol. The van der Waals surface area contributed by atoms with Crippen LogP contribution in [0.25, 0.3) is 0 Å². The van der Waals surface area contributed by atoms with Crippen molar-refractivity contribution in [2.75, 3.05) is 32.6 Å². The molecule has 0 aromatic heterocycles. The SMILES string of the molecule is CC(C)(C)OC=O.CN1CCCC1.CSC. The summed E-state index contributed by atoms with van der Waals surface area (Å²) in [5.41, 5.74) is -0.318. The lowest BCUT2D eigenvalue weighted by molar-refractivity contribution is -0.138. The summed E-state index contributed by atoms with van der Waals surface area (Å²) < 4.78 is 4.55. The number of hydrogen-bond acceptors (Lipinski definition) is 4. The van der Waals surface area contributed by atoms with Crippen LogP contribution in [-0.2, 0) is 9.53 Å². The van der Waals surface area contributed by atoms with Crippen molar-refractivity contribution < 1.29 is 9.53 Å². The van der Waals surface area contributed by atoms with Gasteiger partial charge in [-0.15, -0.1) is 0 Å². The van der Waals surface area contributed by atoms with Crippen molar-refractivity contribution >= 4 is 18.2 Å². The van der Waals surface area contributed by atoms with Crippen molar-refractivity contribution in [2.24, 2.45) is 0 Å². The lowest BCUT2D eigenvalue weighted by atomic mass is 10.2. The zero-order valence-corrected chi connectivity index (χ0v) is 12.4. The van der Waals surface area contributed by atoms with Crippen molar-refractivity contribution in [1.82, 2.24) is 4.90 Å². The average molecular weight is 249 g/mol. The minimum Gasteiger partial charge on any atom is -0.462 e. The summed E-state index contributed by atoms with van der Waals surface area (Å²) in [6, 6.07) is 0. The van der Waals surface area contributed by atoms with Gasteiger partial charge in [-0.2, -0.15) is 11.8 Å². The van der Waals surface area contributed by atoms with E-state index >= 15 is 0 Å². The minimum atomic E-state index is -0.318. The highest BCUT2D eigenvalue weighted by atomic mass is 32.2. The van der Waals surface area contributed by atoms with Crippen LogP contribution in [0, 0.1) is 0 Å². The lowest BCUT2D eigenvalue weighted by Crippen LogP contribution is -2.17. The standard InChI is InChI=1S/C5H11N.C5H10O2.C2H6S/c1-6-4-2-3-5-6;1-5(2,3)7-4-6;1-3-2/h2-5H2,1H3;4H,1-3H3;1-2H3. The second kappa shape index (κ2) is 11.3. The third kappa shape index (κ3) is 19.4. The highest BCUT2D eigenvalue weighted by Gasteiger charge is 2.07. The Hall–Kier alpha value is -0.220. The van der Waals surface area contributed by atoms with Gasteiger partial charge in [-0.3, -0.25) is 4.79 Å². The number of likely N-dealkylation sites (tertiary alicyclic amines) is 1. The summed E-state index contributed by atoms with van der Waals surface area (Å²) in [4.78, 5) is 12.0. The number of carbonyl (C=O) groups is 1. The van der Waals surface area contributed by atoms with Gasteiger partial charge in [0.25, 0.3) is 6.47 Å². The second-order valence-corrected chi connectivity index (χ2v) is 5.56. The van der Waals surface area contributed by atoms with Gasteiger partial charge < -0.3 is 9.64 Å². The van der Waals surface area contributed by atoms with Gasteiger partial charge in [0, 0.05) is 0 Å². The predicted molar refractivity (Wildman–Crippen MR) is 73.1 cm³/mol. The lowest BCUT2D eigenvalue weighted by Gasteiger charge is -2.14. The van der Waals surface area contributed by atoms with Crippen LogP contribution in [0.15, 0.2) is 0 Å². The Labute approximate surface area is 105 Å². The van der Waals surface area contributed by atoms with Crippen LogP contribution in [0.4, 0.5) is 0 Å². The van der Waals surface area contributed by atoms with Crippen LogP contribution in [-0.4, -0.2) is 49.6 Å². The van der Waals surface area contributed by atoms with Gasteiger partial charge in [0.15, 0.2) is 0 Å². The van der Waals surface area contributed by atoms with E-state index in [4.69, 9.17) is 0 Å². The highest BCUT2D eigenvalue weighted by Crippen LogP contribution is 2.02. The van der Waals surface area contributed by atoms with Gasteiger partial charge in [0.2, 0.25) is 0 Å². The molecule has 98 valence electrons. The zero-order chi connectivity index (χ0) is 13.0. The van der Waals surface area contributed by atoms with Gasteiger partial charge in [-0.1, -0.05) is 0 Å². The summed E-state index contributed by atoms with van der Waals surface area (Å²) in [5.74, 6) is 0. The van der Waals surface area contributed by atoms with Gasteiger partial charge in [-0.05, 0) is 66.3 Å². The van der Waals surface area contributed by atoms with Gasteiger partial charge in [-0.25, -0.2) is 0 Å². The van der Waals surface area contributed by atoms with Crippen LogP contribution in [0.2, 0.25) is 0 Å². The van der Waals surface area contributed by atoms with E-state index in [-0.39, 0.29) is 5.60 Å². The van der Waals surface area contributed by atoms with E-state index in [1.165, 1.54) is 25.9 Å². The number of thioether (sulfide) groups is 1. The molecule has 1 heterocycles. The number of rotatable bonds is 1. The van der Waals surface area contributed by atoms with Crippen molar-refractivity contribution in [3.63, 3.8) is 0 Å². The van der Waals surface area contributed by atoms with Crippen LogP contribution >= 0.6 is 11.8 Å². The molecule has 4 heteroatoms. The van der Waals surface area contributed by atoms with Crippen molar-refractivity contribution in [1.29, 1.82) is 0 Å². The molecular formula is C12H27NO2S. The molecule has 0 unspecified atom stereocenters. The van der Waals surface area contributed by atoms with Crippen LogP contribution in [0.5, 0.6) is 0 Å². The van der Waals surface area contributed by atoms with Crippen LogP contribution in [0.1, 0.15) is 33.6 Å². The number of nitrogens with zero attached hydrogens (tertiary/aromatic N) is 1. The largest absolute Gasteiger partial charge is 0.462 e. The molecule has 16 heavy (non-hydrogen) atoms. The first-order valence-corrected chi connectivity index (χ1v) is 7.20. The molecule has 0 aromatic carbocycles. The van der Waals surface area contributed by atoms with E-state index in [0.717, 1.165) is 0 Å². The van der Waals surface area contributed by atoms with Gasteiger partial charge >= 0.3 is 0 Å². The van der Waals surface area contributed by atoms with E-state index in [0.29, 0.717) is 6.47 Å².